The third kappa shape index (κ3) is 2.53. The van der Waals surface area contributed by atoms with E-state index in [1.54, 1.807) is 7.05 Å². The van der Waals surface area contributed by atoms with Gasteiger partial charge in [-0.15, -0.1) is 0 Å². The summed E-state index contributed by atoms with van der Waals surface area (Å²) in [6.45, 7) is 3.04. The molecular weight excluding hydrogens is 260 g/mol. The van der Waals surface area contributed by atoms with Crippen LogP contribution in [-0.2, 0) is 4.79 Å². The highest BCUT2D eigenvalue weighted by molar-refractivity contribution is 6.33. The van der Waals surface area contributed by atoms with Crippen LogP contribution in [0.3, 0.4) is 0 Å². The van der Waals surface area contributed by atoms with E-state index in [1.807, 2.05) is 0 Å². The van der Waals surface area contributed by atoms with E-state index in [2.05, 4.69) is 0 Å². The van der Waals surface area contributed by atoms with Crippen LogP contribution in [0.1, 0.15) is 13.8 Å². The summed E-state index contributed by atoms with van der Waals surface area (Å²) in [7, 11) is 1.57. The van der Waals surface area contributed by atoms with E-state index in [4.69, 9.17) is 16.7 Å². The highest BCUT2D eigenvalue weighted by Gasteiger charge is 2.33. The predicted molar refractivity (Wildman–Crippen MR) is 68.2 cm³/mol. The average Bonchev–Trinajstić information content (AvgIpc) is 2.27. The lowest BCUT2D eigenvalue weighted by molar-refractivity contribution is -0.384. The van der Waals surface area contributed by atoms with Gasteiger partial charge in [-0.05, 0) is 19.9 Å². The van der Waals surface area contributed by atoms with Gasteiger partial charge in [0.1, 0.15) is 5.54 Å². The molecule has 0 unspecified atom stereocenters. The van der Waals surface area contributed by atoms with Crippen LogP contribution in [0.15, 0.2) is 18.2 Å². The van der Waals surface area contributed by atoms with E-state index < -0.39 is 16.4 Å². The van der Waals surface area contributed by atoms with Crippen LogP contribution in [0.2, 0.25) is 5.02 Å². The molecule has 0 fully saturated rings. The Bertz CT molecular complexity index is 502. The first-order valence-electron chi connectivity index (χ1n) is 5.09. The fraction of sp³-hybridized carbons (Fsp3) is 0.364. The number of hydrogen-bond donors (Lipinski definition) is 1. The molecule has 7 heteroatoms. The van der Waals surface area contributed by atoms with E-state index in [-0.39, 0.29) is 10.7 Å². The summed E-state index contributed by atoms with van der Waals surface area (Å²) in [5.74, 6) is -1.01. The van der Waals surface area contributed by atoms with Crippen LogP contribution in [0.25, 0.3) is 0 Å². The van der Waals surface area contributed by atoms with Crippen molar-refractivity contribution in [3.05, 3.63) is 33.3 Å². The summed E-state index contributed by atoms with van der Waals surface area (Å²) in [5, 5.41) is 19.8. The predicted octanol–water partition coefficient (Wildman–Crippen LogP) is 2.55. The van der Waals surface area contributed by atoms with Gasteiger partial charge < -0.3 is 10.0 Å². The van der Waals surface area contributed by atoms with Crippen LogP contribution in [0.5, 0.6) is 0 Å². The van der Waals surface area contributed by atoms with E-state index >= 15 is 0 Å². The number of likely N-dealkylation sites (N-methyl/N-ethyl adjacent to an activating group) is 1. The largest absolute Gasteiger partial charge is 0.480 e. The molecule has 1 rings (SSSR count). The minimum Gasteiger partial charge on any atom is -0.480 e. The molecule has 0 amide bonds. The number of hydrogen-bond acceptors (Lipinski definition) is 4. The molecular formula is C11H13ClN2O4. The number of halogens is 1. The lowest BCUT2D eigenvalue weighted by atomic mass is 10.0. The summed E-state index contributed by atoms with van der Waals surface area (Å²) >= 11 is 5.94. The molecule has 1 aromatic rings. The maximum absolute atomic E-state index is 11.1. The average molecular weight is 273 g/mol. The molecule has 0 radical (unpaired) electrons. The molecule has 18 heavy (non-hydrogen) atoms. The summed E-state index contributed by atoms with van der Waals surface area (Å²) < 4.78 is 0. The van der Waals surface area contributed by atoms with Crippen molar-refractivity contribution in [1.82, 2.24) is 0 Å². The number of non-ortho nitro benzene ring substituents is 1. The molecule has 1 aromatic carbocycles. The summed E-state index contributed by atoms with van der Waals surface area (Å²) in [5.41, 5.74) is -0.875. The van der Waals surface area contributed by atoms with Crippen LogP contribution in [0.4, 0.5) is 11.4 Å². The Balaban J connectivity index is 3.19. The first-order valence-corrected chi connectivity index (χ1v) is 5.47. The zero-order valence-electron chi connectivity index (χ0n) is 10.2. The Morgan fingerprint density at radius 1 is 1.50 bits per heavy atom. The first-order chi connectivity index (χ1) is 8.17. The summed E-state index contributed by atoms with van der Waals surface area (Å²) in [4.78, 5) is 22.6. The van der Waals surface area contributed by atoms with Gasteiger partial charge >= 0.3 is 5.97 Å². The van der Waals surface area contributed by atoms with Crippen molar-refractivity contribution >= 4 is 28.9 Å². The Labute approximate surface area is 109 Å². The van der Waals surface area contributed by atoms with Gasteiger partial charge in [-0.1, -0.05) is 11.6 Å². The van der Waals surface area contributed by atoms with Crippen molar-refractivity contribution in [2.24, 2.45) is 0 Å². The number of nitro benzene ring substituents is 1. The number of nitrogens with zero attached hydrogens (tertiary/aromatic N) is 2. The third-order valence-corrected chi connectivity index (χ3v) is 3.17. The topological polar surface area (TPSA) is 83.7 Å². The standard InChI is InChI=1S/C11H13ClN2O4/c1-11(2,10(15)16)13(3)9-5-4-7(14(17)18)6-8(9)12/h4-6H,1-3H3,(H,15,16). The Hall–Kier alpha value is -1.82. The maximum Gasteiger partial charge on any atom is 0.328 e. The van der Waals surface area contributed by atoms with Gasteiger partial charge in [0.15, 0.2) is 0 Å². The number of benzene rings is 1. The Morgan fingerprint density at radius 3 is 2.44 bits per heavy atom. The molecule has 0 spiro atoms. The molecule has 0 atom stereocenters. The van der Waals surface area contributed by atoms with Gasteiger partial charge in [-0.25, -0.2) is 4.79 Å². The number of rotatable bonds is 4. The number of carbonyl (C=O) groups is 1. The van der Waals surface area contributed by atoms with Crippen molar-refractivity contribution in [3.63, 3.8) is 0 Å². The SMILES string of the molecule is CN(c1ccc([N+](=O)[O-])cc1Cl)C(C)(C)C(=O)O. The molecule has 0 heterocycles. The fourth-order valence-corrected chi connectivity index (χ4v) is 1.63. The van der Waals surface area contributed by atoms with Gasteiger partial charge in [0.25, 0.3) is 5.69 Å². The lowest BCUT2D eigenvalue weighted by Crippen LogP contribution is -2.48. The Morgan fingerprint density at radius 2 is 2.06 bits per heavy atom. The van der Waals surface area contributed by atoms with Gasteiger partial charge in [0, 0.05) is 19.2 Å². The normalized spacial score (nSPS) is 11.1. The fourth-order valence-electron chi connectivity index (χ4n) is 1.33. The first kappa shape index (κ1) is 14.2. The minimum atomic E-state index is -1.17. The zero-order chi connectivity index (χ0) is 14.1. The molecule has 98 valence electrons. The number of carboxylic acids is 1. The van der Waals surface area contributed by atoms with Crippen molar-refractivity contribution in [2.75, 3.05) is 11.9 Å². The van der Waals surface area contributed by atoms with Gasteiger partial charge in [0.05, 0.1) is 15.6 Å². The summed E-state index contributed by atoms with van der Waals surface area (Å²) in [6.07, 6.45) is 0. The van der Waals surface area contributed by atoms with E-state index in [0.29, 0.717) is 5.69 Å². The maximum atomic E-state index is 11.1. The molecule has 0 bridgehead atoms. The minimum absolute atomic E-state index is 0.134. The quantitative estimate of drug-likeness (QED) is 0.673. The number of nitro groups is 1. The van der Waals surface area contributed by atoms with Crippen LogP contribution >= 0.6 is 11.6 Å². The van der Waals surface area contributed by atoms with Crippen LogP contribution in [0, 0.1) is 10.1 Å². The number of anilines is 1. The van der Waals surface area contributed by atoms with Crippen LogP contribution < -0.4 is 4.90 Å². The Kier molecular flexibility index (Phi) is 3.81. The molecule has 0 saturated carbocycles. The van der Waals surface area contributed by atoms with Gasteiger partial charge in [-0.3, -0.25) is 10.1 Å². The second-order valence-electron chi connectivity index (χ2n) is 4.32. The van der Waals surface area contributed by atoms with Crippen molar-refractivity contribution in [2.45, 2.75) is 19.4 Å². The van der Waals surface area contributed by atoms with Crippen molar-refractivity contribution in [1.29, 1.82) is 0 Å². The summed E-state index contributed by atoms with van der Waals surface area (Å²) in [6, 6.07) is 3.92. The smallest absolute Gasteiger partial charge is 0.328 e. The molecule has 0 aromatic heterocycles. The second kappa shape index (κ2) is 4.81. The van der Waals surface area contributed by atoms with Crippen LogP contribution in [-0.4, -0.2) is 28.6 Å². The number of carboxylic acid groups (broad SMARTS) is 1. The van der Waals surface area contributed by atoms with Gasteiger partial charge in [0.2, 0.25) is 0 Å². The third-order valence-electron chi connectivity index (χ3n) is 2.87. The monoisotopic (exact) mass is 272 g/mol. The molecule has 6 nitrogen and oxygen atoms in total. The highest BCUT2D eigenvalue weighted by atomic mass is 35.5. The van der Waals surface area contributed by atoms with Crippen molar-refractivity contribution in [3.8, 4) is 0 Å². The number of aliphatic carboxylic acids is 1. The van der Waals surface area contributed by atoms with E-state index in [0.717, 1.165) is 0 Å². The van der Waals surface area contributed by atoms with E-state index in [9.17, 15) is 14.9 Å². The molecule has 0 aliphatic heterocycles. The molecule has 1 N–H and O–H groups in total. The van der Waals surface area contributed by atoms with E-state index in [1.165, 1.54) is 36.9 Å². The van der Waals surface area contributed by atoms with Crippen molar-refractivity contribution < 1.29 is 14.8 Å². The lowest BCUT2D eigenvalue weighted by Gasteiger charge is -2.33. The van der Waals surface area contributed by atoms with Gasteiger partial charge in [-0.2, -0.15) is 0 Å². The molecule has 0 aliphatic rings. The molecule has 0 saturated heterocycles. The second-order valence-corrected chi connectivity index (χ2v) is 4.72. The zero-order valence-corrected chi connectivity index (χ0v) is 10.9. The highest BCUT2D eigenvalue weighted by Crippen LogP contribution is 2.32. The molecule has 0 aliphatic carbocycles.